The Labute approximate surface area is 175 Å². The number of nitrogens with zero attached hydrogens (tertiary/aromatic N) is 1. The first-order valence-electron chi connectivity index (χ1n) is 10.9. The Bertz CT molecular complexity index is 788. The minimum Gasteiger partial charge on any atom is -0.444 e. The second-order valence-electron chi connectivity index (χ2n) is 8.04. The Balaban J connectivity index is 1.60. The molecule has 0 aliphatic heterocycles. The van der Waals surface area contributed by atoms with Gasteiger partial charge in [0.1, 0.15) is 6.26 Å². The molecule has 7 heteroatoms. The van der Waals surface area contributed by atoms with E-state index < -0.39 is 11.7 Å². The normalized spacial score (nSPS) is 17.7. The van der Waals surface area contributed by atoms with Crippen molar-refractivity contribution in [2.75, 3.05) is 0 Å². The summed E-state index contributed by atoms with van der Waals surface area (Å²) in [4.78, 5) is 16.8. The van der Waals surface area contributed by atoms with Crippen LogP contribution in [0.2, 0.25) is 0 Å². The summed E-state index contributed by atoms with van der Waals surface area (Å²) in [5.41, 5.74) is -0.192. The maximum Gasteiger partial charge on any atom is 0.416 e. The van der Waals surface area contributed by atoms with E-state index >= 15 is 0 Å². The van der Waals surface area contributed by atoms with Gasteiger partial charge in [-0.15, -0.1) is 0 Å². The van der Waals surface area contributed by atoms with Crippen molar-refractivity contribution in [2.24, 2.45) is 0 Å². The average molecular weight is 422 g/mol. The molecule has 3 rings (SSSR count). The van der Waals surface area contributed by atoms with Crippen LogP contribution in [0.25, 0.3) is 11.5 Å². The van der Waals surface area contributed by atoms with E-state index in [1.807, 2.05) is 0 Å². The molecule has 0 radical (unpaired) electrons. The Hall–Kier alpha value is -2.31. The molecule has 4 nitrogen and oxygen atoms in total. The summed E-state index contributed by atoms with van der Waals surface area (Å²) in [5.74, 6) is -0.165. The third kappa shape index (κ3) is 6.61. The second-order valence-corrected chi connectivity index (χ2v) is 8.04. The molecule has 0 bridgehead atoms. The topological polar surface area (TPSA) is 55.1 Å². The van der Waals surface area contributed by atoms with Crippen LogP contribution in [0.1, 0.15) is 86.7 Å². The molecule has 30 heavy (non-hydrogen) atoms. The number of rotatable bonds is 3. The van der Waals surface area contributed by atoms with Gasteiger partial charge in [-0.25, -0.2) is 4.98 Å². The van der Waals surface area contributed by atoms with Gasteiger partial charge in [0, 0.05) is 11.6 Å². The van der Waals surface area contributed by atoms with E-state index in [0.29, 0.717) is 5.56 Å². The quantitative estimate of drug-likeness (QED) is 0.594. The number of benzene rings is 1. The summed E-state index contributed by atoms with van der Waals surface area (Å²) in [5, 5.41) is 3.07. The maximum absolute atomic E-state index is 12.7. The number of halogens is 3. The molecule has 1 aromatic carbocycles. The van der Waals surface area contributed by atoms with E-state index in [0.717, 1.165) is 37.8 Å². The van der Waals surface area contributed by atoms with Gasteiger partial charge < -0.3 is 9.73 Å². The Kier molecular flexibility index (Phi) is 7.94. The van der Waals surface area contributed by atoms with Crippen LogP contribution in [0.4, 0.5) is 13.2 Å². The first-order valence-corrected chi connectivity index (χ1v) is 10.9. The van der Waals surface area contributed by atoms with Gasteiger partial charge in [0.15, 0.2) is 5.69 Å². The zero-order valence-electron chi connectivity index (χ0n) is 17.1. The molecule has 1 heterocycles. The van der Waals surface area contributed by atoms with Crippen LogP contribution in [0.5, 0.6) is 0 Å². The van der Waals surface area contributed by atoms with E-state index in [9.17, 15) is 18.0 Å². The smallest absolute Gasteiger partial charge is 0.416 e. The third-order valence-corrected chi connectivity index (χ3v) is 5.64. The molecular formula is C23H29F3N2O2. The van der Waals surface area contributed by atoms with Crippen LogP contribution >= 0.6 is 0 Å². The number of carbonyl (C=O) groups excluding carboxylic acids is 1. The predicted molar refractivity (Wildman–Crippen MR) is 109 cm³/mol. The van der Waals surface area contributed by atoms with Crippen molar-refractivity contribution >= 4 is 5.91 Å². The van der Waals surface area contributed by atoms with Gasteiger partial charge in [-0.1, -0.05) is 57.8 Å². The number of amides is 1. The van der Waals surface area contributed by atoms with Crippen molar-refractivity contribution in [1.82, 2.24) is 10.3 Å². The molecule has 0 unspecified atom stereocenters. The van der Waals surface area contributed by atoms with Crippen LogP contribution in [0.3, 0.4) is 0 Å². The number of aromatic nitrogens is 1. The lowest BCUT2D eigenvalue weighted by Gasteiger charge is -2.19. The van der Waals surface area contributed by atoms with Gasteiger partial charge >= 0.3 is 6.18 Å². The van der Waals surface area contributed by atoms with Crippen molar-refractivity contribution in [1.29, 1.82) is 0 Å². The molecule has 1 aromatic heterocycles. The fourth-order valence-corrected chi connectivity index (χ4v) is 3.88. The lowest BCUT2D eigenvalue weighted by atomic mass is 9.98. The van der Waals surface area contributed by atoms with E-state index in [-0.39, 0.29) is 23.5 Å². The number of nitrogens with one attached hydrogen (secondary N) is 1. The Morgan fingerprint density at radius 2 is 1.43 bits per heavy atom. The second kappa shape index (κ2) is 10.6. The summed E-state index contributed by atoms with van der Waals surface area (Å²) >= 11 is 0. The summed E-state index contributed by atoms with van der Waals surface area (Å²) < 4.78 is 43.5. The van der Waals surface area contributed by atoms with Crippen LogP contribution in [-0.4, -0.2) is 16.9 Å². The predicted octanol–water partition coefficient (Wildman–Crippen LogP) is 6.76. The Morgan fingerprint density at radius 3 is 1.97 bits per heavy atom. The molecule has 1 fully saturated rings. The number of carbonyl (C=O) groups is 1. The lowest BCUT2D eigenvalue weighted by molar-refractivity contribution is -0.137. The third-order valence-electron chi connectivity index (χ3n) is 5.64. The number of hydrogen-bond acceptors (Lipinski definition) is 3. The largest absolute Gasteiger partial charge is 0.444 e. The summed E-state index contributed by atoms with van der Waals surface area (Å²) in [6.07, 6.45) is 9.76. The van der Waals surface area contributed by atoms with Crippen molar-refractivity contribution in [3.8, 4) is 11.5 Å². The molecule has 1 N–H and O–H groups in total. The first kappa shape index (κ1) is 22.4. The zero-order chi connectivity index (χ0) is 21.4. The highest BCUT2D eigenvalue weighted by molar-refractivity contribution is 5.92. The van der Waals surface area contributed by atoms with Crippen LogP contribution < -0.4 is 5.32 Å². The van der Waals surface area contributed by atoms with Gasteiger partial charge in [-0.3, -0.25) is 4.79 Å². The number of hydrogen-bond donors (Lipinski definition) is 1. The highest BCUT2D eigenvalue weighted by Gasteiger charge is 2.30. The van der Waals surface area contributed by atoms with Crippen molar-refractivity contribution in [3.05, 3.63) is 41.8 Å². The molecule has 0 spiro atoms. The van der Waals surface area contributed by atoms with Gasteiger partial charge in [0.05, 0.1) is 5.56 Å². The Morgan fingerprint density at radius 1 is 0.900 bits per heavy atom. The summed E-state index contributed by atoms with van der Waals surface area (Å²) in [7, 11) is 0. The van der Waals surface area contributed by atoms with E-state index in [4.69, 9.17) is 4.42 Å². The summed E-state index contributed by atoms with van der Waals surface area (Å²) in [6.45, 7) is 0. The molecular weight excluding hydrogens is 393 g/mol. The van der Waals surface area contributed by atoms with E-state index in [1.165, 1.54) is 63.3 Å². The molecule has 1 aliphatic rings. The monoisotopic (exact) mass is 422 g/mol. The van der Waals surface area contributed by atoms with Crippen LogP contribution in [-0.2, 0) is 6.18 Å². The van der Waals surface area contributed by atoms with Crippen LogP contribution in [0, 0.1) is 0 Å². The van der Waals surface area contributed by atoms with E-state index in [2.05, 4.69) is 10.3 Å². The van der Waals surface area contributed by atoms with Crippen LogP contribution in [0.15, 0.2) is 34.9 Å². The minimum absolute atomic E-state index is 0.114. The highest BCUT2D eigenvalue weighted by atomic mass is 19.4. The van der Waals surface area contributed by atoms with Crippen molar-refractivity contribution < 1.29 is 22.4 Å². The molecule has 1 saturated carbocycles. The average Bonchev–Trinajstić information content (AvgIpc) is 3.20. The SMILES string of the molecule is O=C(NC1CCCCCCCCCCC1)c1coc(-c2ccc(C(F)(F)F)cc2)n1. The molecule has 2 aromatic rings. The number of alkyl halides is 3. The van der Waals surface area contributed by atoms with Gasteiger partial charge in [-0.2, -0.15) is 13.2 Å². The highest BCUT2D eigenvalue weighted by Crippen LogP contribution is 2.30. The lowest BCUT2D eigenvalue weighted by Crippen LogP contribution is -2.35. The molecule has 164 valence electrons. The molecule has 0 saturated heterocycles. The molecule has 0 atom stereocenters. The zero-order valence-corrected chi connectivity index (χ0v) is 17.1. The standard InChI is InChI=1S/C23H29F3N2O2/c24-23(25,26)18-14-12-17(13-15-18)22-28-20(16-30-22)21(29)27-19-10-8-6-4-2-1-3-5-7-9-11-19/h12-16,19H,1-11H2,(H,27,29). The maximum atomic E-state index is 12.7. The number of oxazole rings is 1. The van der Waals surface area contributed by atoms with Crippen molar-refractivity contribution in [2.45, 2.75) is 82.8 Å². The minimum atomic E-state index is -4.40. The van der Waals surface area contributed by atoms with Gasteiger partial charge in [0.2, 0.25) is 5.89 Å². The molecule has 1 amide bonds. The fraction of sp³-hybridized carbons (Fsp3) is 0.565. The first-order chi connectivity index (χ1) is 14.4. The molecule has 1 aliphatic carbocycles. The van der Waals surface area contributed by atoms with Gasteiger partial charge in [-0.05, 0) is 37.1 Å². The summed E-state index contributed by atoms with van der Waals surface area (Å²) in [6, 6.07) is 4.66. The van der Waals surface area contributed by atoms with Crippen molar-refractivity contribution in [3.63, 3.8) is 0 Å². The fourth-order valence-electron chi connectivity index (χ4n) is 3.88. The van der Waals surface area contributed by atoms with Gasteiger partial charge in [0.25, 0.3) is 5.91 Å². The van der Waals surface area contributed by atoms with E-state index in [1.54, 1.807) is 0 Å².